The first-order valence-corrected chi connectivity index (χ1v) is 7.21. The Kier molecular flexibility index (Phi) is 4.75. The maximum Gasteiger partial charge on any atom is 0.306 e. The van der Waals surface area contributed by atoms with Crippen LogP contribution in [-0.4, -0.2) is 17.0 Å². The summed E-state index contributed by atoms with van der Waals surface area (Å²) in [4.78, 5) is 22.8. The highest BCUT2D eigenvalue weighted by molar-refractivity contribution is 9.10. The van der Waals surface area contributed by atoms with Crippen molar-refractivity contribution in [3.05, 3.63) is 34.1 Å². The molecule has 0 unspecified atom stereocenters. The standard InChI is InChI=1S/C14H15BrFNO3/c15-12-6-11(16)4-3-10(12)7-17-13(18)8-1-2-9(5-8)14(19)20/h3-4,6,8-9H,1-2,5,7H2,(H,17,18)(H,19,20)/t8-,9+/m0/s1. The lowest BCUT2D eigenvalue weighted by molar-refractivity contribution is -0.141. The van der Waals surface area contributed by atoms with E-state index in [1.54, 1.807) is 6.07 Å². The number of amides is 1. The van der Waals surface area contributed by atoms with Crippen LogP contribution in [0.2, 0.25) is 0 Å². The summed E-state index contributed by atoms with van der Waals surface area (Å²) in [5.41, 5.74) is 0.785. The van der Waals surface area contributed by atoms with E-state index in [1.165, 1.54) is 12.1 Å². The number of halogens is 2. The summed E-state index contributed by atoms with van der Waals surface area (Å²) in [6.07, 6.45) is 1.55. The maximum atomic E-state index is 12.9. The van der Waals surface area contributed by atoms with Gasteiger partial charge in [-0.1, -0.05) is 22.0 Å². The van der Waals surface area contributed by atoms with Gasteiger partial charge in [-0.2, -0.15) is 0 Å². The quantitative estimate of drug-likeness (QED) is 0.883. The number of rotatable bonds is 4. The van der Waals surface area contributed by atoms with Gasteiger partial charge in [-0.25, -0.2) is 4.39 Å². The Balaban J connectivity index is 1.88. The average molecular weight is 344 g/mol. The summed E-state index contributed by atoms with van der Waals surface area (Å²) >= 11 is 3.24. The second kappa shape index (κ2) is 6.35. The molecule has 0 spiro atoms. The van der Waals surface area contributed by atoms with Crippen molar-refractivity contribution in [2.75, 3.05) is 0 Å². The number of carbonyl (C=O) groups excluding carboxylic acids is 1. The topological polar surface area (TPSA) is 66.4 Å². The molecule has 0 saturated heterocycles. The molecule has 1 aliphatic rings. The molecule has 0 aliphatic heterocycles. The Morgan fingerprint density at radius 2 is 2.05 bits per heavy atom. The lowest BCUT2D eigenvalue weighted by Crippen LogP contribution is -2.29. The molecule has 1 amide bonds. The number of aliphatic carboxylic acids is 1. The van der Waals surface area contributed by atoms with Crippen LogP contribution in [0.5, 0.6) is 0 Å². The van der Waals surface area contributed by atoms with Crippen LogP contribution < -0.4 is 5.32 Å². The maximum absolute atomic E-state index is 12.9. The second-order valence-corrected chi connectivity index (χ2v) is 5.85. The van der Waals surface area contributed by atoms with Crippen LogP contribution in [0.15, 0.2) is 22.7 Å². The summed E-state index contributed by atoms with van der Waals surface area (Å²) in [5.74, 6) is -1.96. The summed E-state index contributed by atoms with van der Waals surface area (Å²) in [6.45, 7) is 0.300. The average Bonchev–Trinajstić information content (AvgIpc) is 2.87. The Bertz CT molecular complexity index is 535. The lowest BCUT2D eigenvalue weighted by Gasteiger charge is -2.11. The minimum absolute atomic E-state index is 0.134. The number of hydrogen-bond acceptors (Lipinski definition) is 2. The minimum atomic E-state index is -0.832. The fourth-order valence-corrected chi connectivity index (χ4v) is 2.93. The highest BCUT2D eigenvalue weighted by atomic mass is 79.9. The van der Waals surface area contributed by atoms with Crippen molar-refractivity contribution in [3.8, 4) is 0 Å². The van der Waals surface area contributed by atoms with Gasteiger partial charge < -0.3 is 10.4 Å². The van der Waals surface area contributed by atoms with Crippen molar-refractivity contribution < 1.29 is 19.1 Å². The largest absolute Gasteiger partial charge is 0.481 e. The highest BCUT2D eigenvalue weighted by Gasteiger charge is 2.33. The molecule has 20 heavy (non-hydrogen) atoms. The van der Waals surface area contributed by atoms with E-state index in [9.17, 15) is 14.0 Å². The van der Waals surface area contributed by atoms with Gasteiger partial charge in [-0.3, -0.25) is 9.59 Å². The van der Waals surface area contributed by atoms with Gasteiger partial charge in [0.1, 0.15) is 5.82 Å². The smallest absolute Gasteiger partial charge is 0.306 e. The van der Waals surface area contributed by atoms with Gasteiger partial charge in [0.15, 0.2) is 0 Å². The van der Waals surface area contributed by atoms with Crippen LogP contribution in [0.4, 0.5) is 4.39 Å². The lowest BCUT2D eigenvalue weighted by atomic mass is 10.0. The number of carboxylic acid groups (broad SMARTS) is 1. The zero-order chi connectivity index (χ0) is 14.7. The number of hydrogen-bond donors (Lipinski definition) is 2. The van der Waals surface area contributed by atoms with Crippen LogP contribution in [0, 0.1) is 17.7 Å². The van der Waals surface area contributed by atoms with Crippen molar-refractivity contribution in [2.45, 2.75) is 25.8 Å². The predicted octanol–water partition coefficient (Wildman–Crippen LogP) is 2.71. The van der Waals surface area contributed by atoms with E-state index in [0.29, 0.717) is 30.3 Å². The molecule has 0 radical (unpaired) electrons. The predicted molar refractivity (Wildman–Crippen MR) is 74.4 cm³/mol. The van der Waals surface area contributed by atoms with Gasteiger partial charge in [-0.15, -0.1) is 0 Å². The molecule has 1 saturated carbocycles. The first-order valence-electron chi connectivity index (χ1n) is 6.42. The molecule has 0 aromatic heterocycles. The van der Waals surface area contributed by atoms with Crippen LogP contribution in [-0.2, 0) is 16.1 Å². The summed E-state index contributed by atoms with van der Waals surface area (Å²) in [5, 5.41) is 11.7. The van der Waals surface area contributed by atoms with Crippen LogP contribution >= 0.6 is 15.9 Å². The molecule has 0 heterocycles. The van der Waals surface area contributed by atoms with Crippen molar-refractivity contribution in [2.24, 2.45) is 11.8 Å². The molecule has 4 nitrogen and oxygen atoms in total. The normalized spacial score (nSPS) is 21.7. The Hall–Kier alpha value is -1.43. The Labute approximate surface area is 124 Å². The molecule has 2 rings (SSSR count). The van der Waals surface area contributed by atoms with E-state index < -0.39 is 11.9 Å². The number of benzene rings is 1. The van der Waals surface area contributed by atoms with Crippen LogP contribution in [0.1, 0.15) is 24.8 Å². The summed E-state index contributed by atoms with van der Waals surface area (Å²) in [7, 11) is 0. The molecule has 6 heteroatoms. The van der Waals surface area contributed by atoms with E-state index in [0.717, 1.165) is 5.56 Å². The van der Waals surface area contributed by atoms with Gasteiger partial charge in [0.25, 0.3) is 0 Å². The van der Waals surface area contributed by atoms with Gasteiger partial charge >= 0.3 is 5.97 Å². The van der Waals surface area contributed by atoms with Crippen molar-refractivity contribution >= 4 is 27.8 Å². The number of carboxylic acids is 1. The minimum Gasteiger partial charge on any atom is -0.481 e. The fraction of sp³-hybridized carbons (Fsp3) is 0.429. The third kappa shape index (κ3) is 3.56. The monoisotopic (exact) mass is 343 g/mol. The SMILES string of the molecule is O=C(O)[C@@H]1CC[C@H](C(=O)NCc2ccc(F)cc2Br)C1. The van der Waals surface area contributed by atoms with E-state index in [1.807, 2.05) is 0 Å². The zero-order valence-corrected chi connectivity index (χ0v) is 12.3. The molecule has 1 aromatic rings. The molecule has 2 atom stereocenters. The van der Waals surface area contributed by atoms with E-state index in [4.69, 9.17) is 5.11 Å². The van der Waals surface area contributed by atoms with Crippen LogP contribution in [0.3, 0.4) is 0 Å². The van der Waals surface area contributed by atoms with E-state index >= 15 is 0 Å². The second-order valence-electron chi connectivity index (χ2n) is 5.00. The first-order chi connectivity index (χ1) is 9.47. The van der Waals surface area contributed by atoms with E-state index in [2.05, 4.69) is 21.2 Å². The molecule has 108 valence electrons. The van der Waals surface area contributed by atoms with Crippen molar-refractivity contribution in [1.82, 2.24) is 5.32 Å². The van der Waals surface area contributed by atoms with Gasteiger partial charge in [0.2, 0.25) is 5.91 Å². The zero-order valence-electron chi connectivity index (χ0n) is 10.7. The third-order valence-electron chi connectivity index (χ3n) is 3.62. The fourth-order valence-electron chi connectivity index (χ4n) is 2.44. The molecule has 1 aliphatic carbocycles. The molecule has 1 aromatic carbocycles. The number of nitrogens with one attached hydrogen (secondary N) is 1. The third-order valence-corrected chi connectivity index (χ3v) is 4.36. The van der Waals surface area contributed by atoms with Crippen LogP contribution in [0.25, 0.3) is 0 Å². The summed E-state index contributed by atoms with van der Waals surface area (Å²) in [6, 6.07) is 4.29. The molecule has 0 bridgehead atoms. The molecule has 2 N–H and O–H groups in total. The Morgan fingerprint density at radius 3 is 2.65 bits per heavy atom. The van der Waals surface area contributed by atoms with Gasteiger partial charge in [-0.05, 0) is 37.0 Å². The van der Waals surface area contributed by atoms with Gasteiger partial charge in [0.05, 0.1) is 5.92 Å². The molecular formula is C14H15BrFNO3. The summed E-state index contributed by atoms with van der Waals surface area (Å²) < 4.78 is 13.5. The van der Waals surface area contributed by atoms with Crippen molar-refractivity contribution in [3.63, 3.8) is 0 Å². The Morgan fingerprint density at radius 1 is 1.35 bits per heavy atom. The first kappa shape index (κ1) is 15.0. The van der Waals surface area contributed by atoms with E-state index in [-0.39, 0.29) is 17.6 Å². The van der Waals surface area contributed by atoms with Crippen molar-refractivity contribution in [1.29, 1.82) is 0 Å². The number of carbonyl (C=O) groups is 2. The highest BCUT2D eigenvalue weighted by Crippen LogP contribution is 2.31. The molecule has 1 fully saturated rings. The van der Waals surface area contributed by atoms with Gasteiger partial charge in [0, 0.05) is 16.9 Å². The molecular weight excluding hydrogens is 329 g/mol.